The van der Waals surface area contributed by atoms with Crippen molar-refractivity contribution in [1.29, 1.82) is 0 Å². The number of amides is 4. The van der Waals surface area contributed by atoms with E-state index < -0.39 is 35.3 Å². The zero-order valence-electron chi connectivity index (χ0n) is 35.8. The van der Waals surface area contributed by atoms with Crippen molar-refractivity contribution in [3.63, 3.8) is 0 Å². The second-order valence-electron chi connectivity index (χ2n) is 17.5. The van der Waals surface area contributed by atoms with E-state index in [0.29, 0.717) is 58.4 Å². The molecule has 3 aromatic heterocycles. The molecule has 5 aliphatic rings. The summed E-state index contributed by atoms with van der Waals surface area (Å²) in [7, 11) is 0. The number of rotatable bonds is 11. The number of aryl methyl sites for hydroxylation is 1. The Morgan fingerprint density at radius 1 is 0.891 bits per heavy atom. The molecule has 4 amide bonds. The zero-order valence-corrected chi connectivity index (χ0v) is 35.8. The number of fused-ring (bicyclic) bond motifs is 3. The van der Waals surface area contributed by atoms with Gasteiger partial charge in [-0.1, -0.05) is 25.1 Å². The number of hydrogen-bond acceptors (Lipinski definition) is 13. The van der Waals surface area contributed by atoms with Crippen LogP contribution in [0.1, 0.15) is 77.4 Å². The Morgan fingerprint density at radius 2 is 1.67 bits per heavy atom. The van der Waals surface area contributed by atoms with E-state index in [0.717, 1.165) is 92.6 Å². The Kier molecular flexibility index (Phi) is 10.6. The predicted molar refractivity (Wildman–Crippen MR) is 240 cm³/mol. The minimum absolute atomic E-state index is 0.0867. The number of anilines is 4. The Morgan fingerprint density at radius 3 is 2.41 bits per heavy atom. The van der Waals surface area contributed by atoms with Crippen molar-refractivity contribution < 1.29 is 24.3 Å². The van der Waals surface area contributed by atoms with E-state index in [1.54, 1.807) is 22.9 Å². The molecule has 0 bridgehead atoms. The first kappa shape index (κ1) is 41.3. The number of benzene rings is 2. The van der Waals surface area contributed by atoms with Gasteiger partial charge in [0.2, 0.25) is 17.8 Å². The smallest absolute Gasteiger partial charge is 0.278 e. The van der Waals surface area contributed by atoms with Crippen molar-refractivity contribution in [1.82, 2.24) is 39.4 Å². The number of nitrogens with zero attached hydrogens (tertiary/aromatic N) is 9. The normalized spacial score (nSPS) is 21.7. The summed E-state index contributed by atoms with van der Waals surface area (Å²) >= 11 is 0. The van der Waals surface area contributed by atoms with Crippen LogP contribution in [0.15, 0.2) is 78.2 Å². The third-order valence-electron chi connectivity index (χ3n) is 13.8. The lowest BCUT2D eigenvalue weighted by molar-refractivity contribution is -0.136. The molecule has 17 nitrogen and oxygen atoms in total. The van der Waals surface area contributed by atoms with E-state index >= 15 is 0 Å². The standard InChI is InChI=1S/C47H51N11O6/c1-3-20-56-43(61)34-27-48-46(52-41(34)58(56)37-14-8-30-16-19-47(64,4-2)40(30)50-37)49-31-9-11-32(12-10-31)54-25-23-53(24-26-54)28-29-17-21-55(22-18-29)35-7-5-6-33-39(35)45(63)57(44(33)62)36-13-15-38(59)51-42(36)60/h3,5-12,14,27,29,36,64H,1,4,13,15-26,28H2,2H3,(H,48,49,52)(H,51,59,60)/t36?,47-/m1/s1. The maximum absolute atomic E-state index is 13.7. The minimum Gasteiger partial charge on any atom is -0.384 e. The first-order chi connectivity index (χ1) is 31.0. The number of hydrogen-bond donors (Lipinski definition) is 3. The summed E-state index contributed by atoms with van der Waals surface area (Å²) in [6, 6.07) is 16.4. The number of piperazine rings is 1. The fourth-order valence-electron chi connectivity index (χ4n) is 10.2. The van der Waals surface area contributed by atoms with Gasteiger partial charge in [-0.05, 0) is 92.5 Å². The zero-order chi connectivity index (χ0) is 44.3. The number of imide groups is 2. The van der Waals surface area contributed by atoms with E-state index in [9.17, 15) is 29.1 Å². The second kappa shape index (κ2) is 16.4. The molecule has 1 unspecified atom stereocenters. The van der Waals surface area contributed by atoms with Crippen LogP contribution in [0.4, 0.5) is 23.0 Å². The molecule has 2 aromatic carbocycles. The summed E-state index contributed by atoms with van der Waals surface area (Å²) in [6.45, 7) is 12.2. The summed E-state index contributed by atoms with van der Waals surface area (Å²) in [5.41, 5.74) is 4.12. The summed E-state index contributed by atoms with van der Waals surface area (Å²) in [5, 5.41) is 17.2. The maximum atomic E-state index is 13.7. The van der Waals surface area contributed by atoms with Crippen molar-refractivity contribution >= 4 is 57.7 Å². The molecule has 0 radical (unpaired) electrons. The van der Waals surface area contributed by atoms with E-state index in [2.05, 4.69) is 49.0 Å². The molecule has 330 valence electrons. The van der Waals surface area contributed by atoms with Gasteiger partial charge in [-0.3, -0.25) is 39.1 Å². The molecule has 7 heterocycles. The van der Waals surface area contributed by atoms with Crippen LogP contribution in [0.2, 0.25) is 0 Å². The highest BCUT2D eigenvalue weighted by Gasteiger charge is 2.46. The maximum Gasteiger partial charge on any atom is 0.278 e. The number of piperidine rings is 2. The van der Waals surface area contributed by atoms with Crippen molar-refractivity contribution in [2.45, 2.75) is 70.1 Å². The molecule has 10 rings (SSSR count). The molecular formula is C47H51N11O6. The van der Waals surface area contributed by atoms with Gasteiger partial charge in [0.05, 0.1) is 29.1 Å². The molecular weight excluding hydrogens is 815 g/mol. The molecule has 4 aliphatic heterocycles. The number of nitrogens with one attached hydrogen (secondary N) is 2. The van der Waals surface area contributed by atoms with Gasteiger partial charge in [0.25, 0.3) is 17.4 Å². The third-order valence-corrected chi connectivity index (χ3v) is 13.8. The molecule has 3 N–H and O–H groups in total. The van der Waals surface area contributed by atoms with E-state index in [-0.39, 0.29) is 24.9 Å². The van der Waals surface area contributed by atoms with Crippen LogP contribution in [0.3, 0.4) is 0 Å². The number of aromatic nitrogens is 5. The molecule has 0 spiro atoms. The largest absolute Gasteiger partial charge is 0.384 e. The van der Waals surface area contributed by atoms with Crippen LogP contribution in [-0.4, -0.2) is 115 Å². The predicted octanol–water partition coefficient (Wildman–Crippen LogP) is 3.89. The third kappa shape index (κ3) is 7.21. The van der Waals surface area contributed by atoms with Crippen molar-refractivity contribution in [2.75, 3.05) is 60.9 Å². The SMILES string of the molecule is C=CCn1c(=O)c2cnc(Nc3ccc(N4CCN(CC5CCN(c6cccc7c6C(=O)N(C6CCC(=O)NC6=O)C7=O)CC5)CC4)cc3)nc2n1-c1ccc2c(n1)[C@@](O)(CC)CC2. The highest BCUT2D eigenvalue weighted by molar-refractivity contribution is 6.25. The number of carbonyl (C=O) groups is 4. The van der Waals surface area contributed by atoms with Gasteiger partial charge >= 0.3 is 0 Å². The van der Waals surface area contributed by atoms with Crippen LogP contribution in [-0.2, 0) is 28.2 Å². The van der Waals surface area contributed by atoms with E-state index in [4.69, 9.17) is 9.97 Å². The van der Waals surface area contributed by atoms with Crippen LogP contribution in [0.5, 0.6) is 0 Å². The number of carbonyl (C=O) groups excluding carboxylic acids is 4. The summed E-state index contributed by atoms with van der Waals surface area (Å²) in [4.78, 5) is 87.3. The summed E-state index contributed by atoms with van der Waals surface area (Å²) in [6.07, 6.45) is 7.24. The van der Waals surface area contributed by atoms with E-state index in [1.165, 1.54) is 10.9 Å². The van der Waals surface area contributed by atoms with Crippen LogP contribution in [0.25, 0.3) is 16.9 Å². The van der Waals surface area contributed by atoms with Gasteiger partial charge in [0.1, 0.15) is 17.0 Å². The Bertz CT molecular complexity index is 2770. The number of allylic oxidation sites excluding steroid dienone is 1. The number of pyridine rings is 1. The highest BCUT2D eigenvalue weighted by Crippen LogP contribution is 2.39. The molecule has 3 fully saturated rings. The molecule has 1 aliphatic carbocycles. The minimum atomic E-state index is -1.01. The van der Waals surface area contributed by atoms with Crippen LogP contribution in [0, 0.1) is 5.92 Å². The van der Waals surface area contributed by atoms with Gasteiger partial charge in [0.15, 0.2) is 11.5 Å². The lowest BCUT2D eigenvalue weighted by atomic mass is 9.94. The van der Waals surface area contributed by atoms with Gasteiger partial charge in [-0.25, -0.2) is 19.3 Å². The van der Waals surface area contributed by atoms with Gasteiger partial charge in [-0.2, -0.15) is 4.98 Å². The molecule has 17 heteroatoms. The highest BCUT2D eigenvalue weighted by atomic mass is 16.3. The second-order valence-corrected chi connectivity index (χ2v) is 17.5. The number of aliphatic hydroxyl groups is 1. The van der Waals surface area contributed by atoms with Crippen molar-refractivity contribution in [3.8, 4) is 5.82 Å². The molecule has 3 saturated heterocycles. The molecule has 5 aromatic rings. The van der Waals surface area contributed by atoms with Crippen LogP contribution >= 0.6 is 0 Å². The lowest BCUT2D eigenvalue weighted by Gasteiger charge is -2.40. The average Bonchev–Trinajstić information content (AvgIpc) is 3.89. The monoisotopic (exact) mass is 865 g/mol. The van der Waals surface area contributed by atoms with Gasteiger partial charge in [0, 0.05) is 69.8 Å². The topological polar surface area (TPSA) is 191 Å². The first-order valence-electron chi connectivity index (χ1n) is 22.3. The summed E-state index contributed by atoms with van der Waals surface area (Å²) in [5.74, 6) is -0.618. The fourth-order valence-corrected chi connectivity index (χ4v) is 10.2. The van der Waals surface area contributed by atoms with Crippen molar-refractivity contribution in [2.24, 2.45) is 5.92 Å². The fraction of sp³-hybridized carbons (Fsp3) is 0.404. The quantitative estimate of drug-likeness (QED) is 0.128. The van der Waals surface area contributed by atoms with E-state index in [1.807, 2.05) is 37.3 Å². The Balaban J connectivity index is 0.750. The van der Waals surface area contributed by atoms with Gasteiger partial charge < -0.3 is 20.2 Å². The first-order valence-corrected chi connectivity index (χ1v) is 22.3. The van der Waals surface area contributed by atoms with Gasteiger partial charge in [-0.15, -0.1) is 6.58 Å². The Labute approximate surface area is 369 Å². The average molecular weight is 866 g/mol. The van der Waals surface area contributed by atoms with Crippen molar-refractivity contribution in [3.05, 3.63) is 106 Å². The molecule has 2 atom stereocenters. The molecule has 64 heavy (non-hydrogen) atoms. The molecule has 0 saturated carbocycles. The summed E-state index contributed by atoms with van der Waals surface area (Å²) < 4.78 is 3.23. The Hall–Kier alpha value is -6.72. The lowest BCUT2D eigenvalue weighted by Crippen LogP contribution is -2.54. The van der Waals surface area contributed by atoms with Crippen LogP contribution < -0.4 is 26.0 Å².